The number of hydrogen-bond donors (Lipinski definition) is 0. The molecule has 8 heteroatoms. The Hall–Kier alpha value is 0.880. The molecule has 12 heavy (non-hydrogen) atoms. The second kappa shape index (κ2) is 3.56. The quantitative estimate of drug-likeness (QED) is 0.497. The lowest BCUT2D eigenvalue weighted by Crippen LogP contribution is -2.39. The second-order valence-corrected chi connectivity index (χ2v) is 4.73. The van der Waals surface area contributed by atoms with E-state index in [-0.39, 0.29) is 6.42 Å². The van der Waals surface area contributed by atoms with Gasteiger partial charge in [0.2, 0.25) is 0 Å². The third kappa shape index (κ3) is 4.21. The Bertz CT molecular complexity index is 157. The minimum absolute atomic E-state index is 0.272. The molecule has 0 fully saturated rings. The lowest BCUT2D eigenvalue weighted by atomic mass is 10.3. The Kier molecular flexibility index (Phi) is 3.82. The summed E-state index contributed by atoms with van der Waals surface area (Å²) in [6.45, 7) is 0. The van der Waals surface area contributed by atoms with Crippen LogP contribution in [-0.2, 0) is 0 Å². The Morgan fingerprint density at radius 2 is 1.17 bits per heavy atom. The second-order valence-electron chi connectivity index (χ2n) is 1.81. The summed E-state index contributed by atoms with van der Waals surface area (Å²) in [6.07, 6.45) is -5.58. The maximum Gasteiger partial charge on any atom is 0.437 e. The number of halogens is 8. The molecule has 1 radical (unpaired) electrons. The van der Waals surface area contributed by atoms with Crippen molar-refractivity contribution in [2.24, 2.45) is 0 Å². The zero-order chi connectivity index (χ0) is 10.2. The fourth-order valence-electron chi connectivity index (χ4n) is 0.287. The molecule has 0 N–H and O–H groups in total. The van der Waals surface area contributed by atoms with Gasteiger partial charge in [0.05, 0.1) is 6.42 Å². The molecule has 0 amide bonds. The molecule has 0 aromatic carbocycles. The van der Waals surface area contributed by atoms with Crippen LogP contribution in [0, 0.1) is 6.42 Å². The van der Waals surface area contributed by atoms with Gasteiger partial charge in [-0.25, -0.2) is 4.39 Å². The van der Waals surface area contributed by atoms with Gasteiger partial charge in [-0.3, -0.25) is 0 Å². The highest BCUT2D eigenvalue weighted by atomic mass is 35.6. The van der Waals surface area contributed by atoms with Crippen molar-refractivity contribution in [2.75, 3.05) is 0 Å². The molecule has 73 valence electrons. The predicted octanol–water partition coefficient (Wildman–Crippen LogP) is 4.03. The summed E-state index contributed by atoms with van der Waals surface area (Å²) in [4.78, 5) is 0. The summed E-state index contributed by atoms with van der Waals surface area (Å²) in [6, 6.07) is 0. The van der Waals surface area contributed by atoms with Crippen molar-refractivity contribution >= 4 is 46.4 Å². The van der Waals surface area contributed by atoms with E-state index in [1.807, 2.05) is 0 Å². The first-order valence-corrected chi connectivity index (χ1v) is 3.85. The summed E-state index contributed by atoms with van der Waals surface area (Å²) in [5, 5.41) is -4.13. The highest BCUT2D eigenvalue weighted by Crippen LogP contribution is 2.46. The summed E-state index contributed by atoms with van der Waals surface area (Å²) < 4.78 is 44.9. The lowest BCUT2D eigenvalue weighted by Gasteiger charge is -2.23. The summed E-state index contributed by atoms with van der Waals surface area (Å²) in [5.41, 5.74) is 0. The van der Waals surface area contributed by atoms with Crippen LogP contribution in [0.5, 0.6) is 0 Å². The topological polar surface area (TPSA) is 0 Å². The van der Waals surface area contributed by atoms with Crippen molar-refractivity contribution in [2.45, 2.75) is 15.1 Å². The van der Waals surface area contributed by atoms with E-state index in [1.54, 1.807) is 0 Å². The smallest absolute Gasteiger partial charge is 0.216 e. The minimum Gasteiger partial charge on any atom is -0.216 e. The maximum atomic E-state index is 12.4. The van der Waals surface area contributed by atoms with Crippen molar-refractivity contribution in [1.29, 1.82) is 0 Å². The fraction of sp³-hybridized carbons (Fsp3) is 0.750. The van der Waals surface area contributed by atoms with Crippen LogP contribution in [0.4, 0.5) is 17.6 Å². The van der Waals surface area contributed by atoms with E-state index in [1.165, 1.54) is 0 Å². The average molecular weight is 267 g/mol. The van der Waals surface area contributed by atoms with E-state index in [2.05, 4.69) is 11.6 Å². The van der Waals surface area contributed by atoms with Gasteiger partial charge < -0.3 is 0 Å². The average Bonchev–Trinajstić information content (AvgIpc) is 1.52. The van der Waals surface area contributed by atoms with E-state index in [0.29, 0.717) is 0 Å². The highest BCUT2D eigenvalue weighted by molar-refractivity contribution is 6.69. The zero-order valence-corrected chi connectivity index (χ0v) is 8.12. The van der Waals surface area contributed by atoms with Gasteiger partial charge in [-0.1, -0.05) is 46.4 Å². The van der Waals surface area contributed by atoms with Crippen molar-refractivity contribution in [1.82, 2.24) is 0 Å². The molecule has 1 unspecified atom stereocenters. The van der Waals surface area contributed by atoms with E-state index in [0.717, 1.165) is 0 Å². The molecule has 0 nitrogen and oxygen atoms in total. The molecule has 0 aromatic heterocycles. The van der Waals surface area contributed by atoms with Crippen LogP contribution in [0.2, 0.25) is 0 Å². The molecule has 0 bridgehead atoms. The zero-order valence-electron chi connectivity index (χ0n) is 5.10. The molecule has 0 aromatic rings. The third-order valence-corrected chi connectivity index (χ3v) is 1.37. The Labute approximate surface area is 85.7 Å². The highest BCUT2D eigenvalue weighted by Gasteiger charge is 2.58. The Morgan fingerprint density at radius 3 is 1.25 bits per heavy atom. The van der Waals surface area contributed by atoms with Crippen molar-refractivity contribution in [3.63, 3.8) is 0 Å². The SMILES string of the molecule is FC(F)(F)C(F)(Cl)[CH]C(Cl)(Cl)Cl. The van der Waals surface area contributed by atoms with Gasteiger partial charge in [0, 0.05) is 0 Å². The minimum atomic E-state index is -5.31. The van der Waals surface area contributed by atoms with Gasteiger partial charge >= 0.3 is 6.18 Å². The summed E-state index contributed by atoms with van der Waals surface area (Å²) >= 11 is 19.0. The van der Waals surface area contributed by atoms with Gasteiger partial charge in [-0.15, -0.1) is 0 Å². The Balaban J connectivity index is 4.44. The van der Waals surface area contributed by atoms with Crippen LogP contribution >= 0.6 is 46.4 Å². The maximum absolute atomic E-state index is 12.4. The number of alkyl halides is 8. The molecule has 0 rings (SSSR count). The molecule has 0 aliphatic rings. The van der Waals surface area contributed by atoms with Crippen LogP contribution in [0.25, 0.3) is 0 Å². The van der Waals surface area contributed by atoms with E-state index in [9.17, 15) is 17.6 Å². The van der Waals surface area contributed by atoms with E-state index >= 15 is 0 Å². The molecule has 0 saturated carbocycles. The van der Waals surface area contributed by atoms with E-state index in [4.69, 9.17) is 34.8 Å². The summed E-state index contributed by atoms with van der Waals surface area (Å²) in [7, 11) is 0. The molecular formula is C4HCl4F4. The van der Waals surface area contributed by atoms with Gasteiger partial charge in [0.1, 0.15) is 0 Å². The van der Waals surface area contributed by atoms with Crippen molar-refractivity contribution < 1.29 is 17.6 Å². The molecule has 0 aliphatic heterocycles. The molecule has 0 heterocycles. The Morgan fingerprint density at radius 1 is 0.833 bits per heavy atom. The van der Waals surface area contributed by atoms with Gasteiger partial charge in [0.15, 0.2) is 3.79 Å². The standard InChI is InChI=1S/C4HCl4F4/c5-2(9,4(10,11)12)1-3(6,7)8/h1H. The predicted molar refractivity (Wildman–Crippen MR) is 40.3 cm³/mol. The van der Waals surface area contributed by atoms with Crippen LogP contribution in [0.15, 0.2) is 0 Å². The molecule has 0 saturated heterocycles. The first kappa shape index (κ1) is 12.9. The molecular weight excluding hydrogens is 266 g/mol. The first-order chi connectivity index (χ1) is 4.96. The molecule has 1 atom stereocenters. The van der Waals surface area contributed by atoms with E-state index < -0.39 is 15.1 Å². The van der Waals surface area contributed by atoms with Crippen LogP contribution in [0.1, 0.15) is 0 Å². The largest absolute Gasteiger partial charge is 0.437 e. The first-order valence-electron chi connectivity index (χ1n) is 2.34. The number of hydrogen-bond acceptors (Lipinski definition) is 0. The number of rotatable bonds is 1. The third-order valence-electron chi connectivity index (χ3n) is 0.723. The van der Waals surface area contributed by atoms with Crippen molar-refractivity contribution in [3.05, 3.63) is 6.42 Å². The fourth-order valence-corrected chi connectivity index (χ4v) is 1.07. The lowest BCUT2D eigenvalue weighted by molar-refractivity contribution is -0.187. The molecule has 0 aliphatic carbocycles. The van der Waals surface area contributed by atoms with Gasteiger partial charge in [-0.05, 0) is 0 Å². The van der Waals surface area contributed by atoms with Crippen molar-refractivity contribution in [3.8, 4) is 0 Å². The molecule has 0 spiro atoms. The monoisotopic (exact) mass is 265 g/mol. The van der Waals surface area contributed by atoms with Gasteiger partial charge in [-0.2, -0.15) is 13.2 Å². The van der Waals surface area contributed by atoms with Crippen LogP contribution in [0.3, 0.4) is 0 Å². The van der Waals surface area contributed by atoms with Crippen LogP contribution in [-0.4, -0.2) is 15.1 Å². The summed E-state index contributed by atoms with van der Waals surface area (Å²) in [5.74, 6) is 0. The van der Waals surface area contributed by atoms with Gasteiger partial charge in [0.25, 0.3) is 5.13 Å². The normalized spacial score (nSPS) is 19.0. The van der Waals surface area contributed by atoms with Crippen LogP contribution < -0.4 is 0 Å².